The zero-order valence-corrected chi connectivity index (χ0v) is 16.3. The van der Waals surface area contributed by atoms with Crippen LogP contribution in [0.1, 0.15) is 30.9 Å². The monoisotopic (exact) mass is 377 g/mol. The van der Waals surface area contributed by atoms with E-state index in [2.05, 4.69) is 58.5 Å². The van der Waals surface area contributed by atoms with Crippen LogP contribution in [0.3, 0.4) is 0 Å². The summed E-state index contributed by atoms with van der Waals surface area (Å²) in [5, 5.41) is 4.36. The van der Waals surface area contributed by atoms with Gasteiger partial charge in [-0.05, 0) is 54.5 Å². The molecular weight excluding hydrogens is 350 g/mol. The summed E-state index contributed by atoms with van der Waals surface area (Å²) in [7, 11) is 1.67. The molecule has 2 heterocycles. The molecule has 28 heavy (non-hydrogen) atoms. The summed E-state index contributed by atoms with van der Waals surface area (Å²) in [4.78, 5) is 14.7. The van der Waals surface area contributed by atoms with Crippen molar-refractivity contribution in [3.05, 3.63) is 66.4 Å². The summed E-state index contributed by atoms with van der Waals surface area (Å²) in [6.07, 6.45) is 5.08. The Kier molecular flexibility index (Phi) is 5.51. The smallest absolute Gasteiger partial charge is 0.317 e. The minimum Gasteiger partial charge on any atom is -0.497 e. The first-order valence-electron chi connectivity index (χ1n) is 9.98. The molecule has 1 unspecified atom stereocenters. The van der Waals surface area contributed by atoms with Crippen molar-refractivity contribution in [2.75, 3.05) is 20.2 Å². The molecule has 1 aromatic heterocycles. The zero-order chi connectivity index (χ0) is 19.3. The fourth-order valence-corrected chi connectivity index (χ4v) is 4.06. The molecule has 0 bridgehead atoms. The molecule has 0 spiro atoms. The van der Waals surface area contributed by atoms with Gasteiger partial charge in [-0.3, -0.25) is 0 Å². The van der Waals surface area contributed by atoms with Crippen molar-refractivity contribution in [2.24, 2.45) is 0 Å². The second kappa shape index (κ2) is 8.38. The quantitative estimate of drug-likeness (QED) is 0.639. The van der Waals surface area contributed by atoms with Gasteiger partial charge >= 0.3 is 6.03 Å². The lowest BCUT2D eigenvalue weighted by molar-refractivity contribution is 0.193. The predicted octanol–water partition coefficient (Wildman–Crippen LogP) is 4.59. The van der Waals surface area contributed by atoms with E-state index in [9.17, 15) is 4.79 Å². The molecule has 1 aliphatic rings. The normalized spacial score (nSPS) is 16.5. The van der Waals surface area contributed by atoms with Crippen LogP contribution in [0.25, 0.3) is 10.9 Å². The number of aryl methyl sites for hydroxylation is 1. The molecule has 1 atom stereocenters. The number of ether oxygens (including phenoxy) is 1. The summed E-state index contributed by atoms with van der Waals surface area (Å²) in [6, 6.07) is 18.8. The number of nitrogens with one attached hydrogen (secondary N) is 1. The Labute approximate surface area is 165 Å². The summed E-state index contributed by atoms with van der Waals surface area (Å²) in [5.41, 5.74) is 2.42. The fraction of sp³-hybridized carbons (Fsp3) is 0.348. The van der Waals surface area contributed by atoms with Gasteiger partial charge in [-0.15, -0.1) is 0 Å². The first-order chi connectivity index (χ1) is 13.8. The number of hydrogen-bond acceptors (Lipinski definition) is 2. The van der Waals surface area contributed by atoms with E-state index in [-0.39, 0.29) is 12.1 Å². The number of aromatic nitrogens is 1. The summed E-state index contributed by atoms with van der Waals surface area (Å²) in [5.74, 6) is 0.843. The fourth-order valence-electron chi connectivity index (χ4n) is 4.06. The predicted molar refractivity (Wildman–Crippen MR) is 112 cm³/mol. The number of fused-ring (bicyclic) bond motifs is 1. The Morgan fingerprint density at radius 1 is 1.14 bits per heavy atom. The van der Waals surface area contributed by atoms with E-state index >= 15 is 0 Å². The number of rotatable bonds is 6. The topological polar surface area (TPSA) is 46.5 Å². The maximum atomic E-state index is 12.7. The number of para-hydroxylation sites is 1. The van der Waals surface area contributed by atoms with Crippen molar-refractivity contribution in [1.82, 2.24) is 14.8 Å². The average Bonchev–Trinajstić information content (AvgIpc) is 3.39. The van der Waals surface area contributed by atoms with Crippen LogP contribution in [0.15, 0.2) is 60.8 Å². The van der Waals surface area contributed by atoms with Crippen LogP contribution < -0.4 is 10.1 Å². The van der Waals surface area contributed by atoms with Crippen LogP contribution >= 0.6 is 0 Å². The van der Waals surface area contributed by atoms with E-state index in [1.165, 1.54) is 16.5 Å². The first kappa shape index (κ1) is 18.4. The van der Waals surface area contributed by atoms with Crippen LogP contribution in [0, 0.1) is 0 Å². The molecule has 3 aromatic rings. The number of nitrogens with zero attached hydrogens (tertiary/aromatic N) is 2. The number of carbonyl (C=O) groups excluding carboxylic acids is 1. The van der Waals surface area contributed by atoms with Gasteiger partial charge in [0.25, 0.3) is 0 Å². The number of benzene rings is 2. The van der Waals surface area contributed by atoms with E-state index in [1.807, 2.05) is 17.0 Å². The highest BCUT2D eigenvalue weighted by Crippen LogP contribution is 2.32. The molecule has 0 saturated carbocycles. The lowest BCUT2D eigenvalue weighted by Crippen LogP contribution is -2.40. The van der Waals surface area contributed by atoms with E-state index < -0.39 is 0 Å². The van der Waals surface area contributed by atoms with E-state index in [1.54, 1.807) is 7.11 Å². The molecule has 146 valence electrons. The molecule has 1 fully saturated rings. The van der Waals surface area contributed by atoms with Gasteiger partial charge in [0, 0.05) is 31.3 Å². The SMILES string of the molecule is COc1ccc(C2CCCN2C(=O)NCCCn2ccc3ccccc32)cc1. The van der Waals surface area contributed by atoms with Gasteiger partial charge in [-0.2, -0.15) is 0 Å². The maximum absolute atomic E-state index is 12.7. The van der Waals surface area contributed by atoms with Gasteiger partial charge in [-0.1, -0.05) is 30.3 Å². The molecule has 4 rings (SSSR count). The third kappa shape index (κ3) is 3.84. The number of hydrogen-bond donors (Lipinski definition) is 1. The Hall–Kier alpha value is -2.95. The Morgan fingerprint density at radius 3 is 2.79 bits per heavy atom. The lowest BCUT2D eigenvalue weighted by atomic mass is 10.0. The van der Waals surface area contributed by atoms with Crippen molar-refractivity contribution in [2.45, 2.75) is 31.8 Å². The molecule has 2 aromatic carbocycles. The number of likely N-dealkylation sites (tertiary alicyclic amines) is 1. The van der Waals surface area contributed by atoms with E-state index in [0.717, 1.165) is 38.1 Å². The highest BCUT2D eigenvalue weighted by Gasteiger charge is 2.29. The highest BCUT2D eigenvalue weighted by atomic mass is 16.5. The molecule has 0 aliphatic carbocycles. The van der Waals surface area contributed by atoms with Gasteiger partial charge in [0.05, 0.1) is 13.2 Å². The average molecular weight is 377 g/mol. The van der Waals surface area contributed by atoms with Crippen molar-refractivity contribution < 1.29 is 9.53 Å². The Balaban J connectivity index is 1.30. The third-order valence-corrected chi connectivity index (χ3v) is 5.55. The van der Waals surface area contributed by atoms with Crippen molar-refractivity contribution in [3.63, 3.8) is 0 Å². The molecule has 0 radical (unpaired) electrons. The van der Waals surface area contributed by atoms with Crippen LogP contribution in [0.2, 0.25) is 0 Å². The lowest BCUT2D eigenvalue weighted by Gasteiger charge is -2.25. The highest BCUT2D eigenvalue weighted by molar-refractivity contribution is 5.79. The number of urea groups is 1. The molecule has 2 amide bonds. The third-order valence-electron chi connectivity index (χ3n) is 5.55. The van der Waals surface area contributed by atoms with Crippen molar-refractivity contribution >= 4 is 16.9 Å². The second-order valence-electron chi connectivity index (χ2n) is 7.28. The first-order valence-corrected chi connectivity index (χ1v) is 9.98. The maximum Gasteiger partial charge on any atom is 0.317 e. The zero-order valence-electron chi connectivity index (χ0n) is 16.3. The van der Waals surface area contributed by atoms with Gasteiger partial charge in [0.2, 0.25) is 0 Å². The summed E-state index contributed by atoms with van der Waals surface area (Å²) >= 11 is 0. The Bertz CT molecular complexity index is 932. The van der Waals surface area contributed by atoms with Gasteiger partial charge in [0.1, 0.15) is 5.75 Å². The van der Waals surface area contributed by atoms with Crippen LogP contribution in [0.5, 0.6) is 5.75 Å². The molecule has 1 aliphatic heterocycles. The second-order valence-corrected chi connectivity index (χ2v) is 7.28. The molecule has 1 saturated heterocycles. The van der Waals surface area contributed by atoms with E-state index in [0.29, 0.717) is 6.54 Å². The standard InChI is InChI=1S/C23H27N3O2/c1-28-20-11-9-19(10-12-20)22-8-4-16-26(22)23(27)24-14-5-15-25-17-13-18-6-2-3-7-21(18)25/h2-3,6-7,9-13,17,22H,4-5,8,14-16H2,1H3,(H,24,27). The number of carbonyl (C=O) groups is 1. The summed E-state index contributed by atoms with van der Waals surface area (Å²) in [6.45, 7) is 2.39. The van der Waals surface area contributed by atoms with Crippen LogP contribution in [-0.2, 0) is 6.54 Å². The summed E-state index contributed by atoms with van der Waals surface area (Å²) < 4.78 is 7.48. The molecular formula is C23H27N3O2. The number of amides is 2. The number of methoxy groups -OCH3 is 1. The molecule has 5 nitrogen and oxygen atoms in total. The largest absolute Gasteiger partial charge is 0.497 e. The van der Waals surface area contributed by atoms with Crippen molar-refractivity contribution in [1.29, 1.82) is 0 Å². The molecule has 1 N–H and O–H groups in total. The Morgan fingerprint density at radius 2 is 1.96 bits per heavy atom. The van der Waals surface area contributed by atoms with Crippen LogP contribution in [0.4, 0.5) is 4.79 Å². The van der Waals surface area contributed by atoms with Gasteiger partial charge in [-0.25, -0.2) is 4.79 Å². The van der Waals surface area contributed by atoms with Crippen molar-refractivity contribution in [3.8, 4) is 5.75 Å². The van der Waals surface area contributed by atoms with E-state index in [4.69, 9.17) is 4.74 Å². The minimum absolute atomic E-state index is 0.0377. The molecule has 5 heteroatoms. The van der Waals surface area contributed by atoms with Crippen LogP contribution in [-0.4, -0.2) is 35.7 Å². The minimum atomic E-state index is 0.0377. The van der Waals surface area contributed by atoms with Gasteiger partial charge in [0.15, 0.2) is 0 Å². The van der Waals surface area contributed by atoms with Gasteiger partial charge < -0.3 is 19.5 Å².